The molecule has 0 spiro atoms. The standard InChI is InChI=1S/C18H24N2O7S/c1-7-27-18(21)15-10(2)19-11(3)17(15)28(22,23)20-12-8-13(24-4)16(26-6)14(9-12)25-5/h8-9,19-20H,7H2,1-6H3. The van der Waals surface area contributed by atoms with Crippen LogP contribution in [-0.4, -0.2) is 47.3 Å². The van der Waals surface area contributed by atoms with E-state index in [0.29, 0.717) is 17.1 Å². The minimum absolute atomic E-state index is 0.0284. The van der Waals surface area contributed by atoms with E-state index >= 15 is 0 Å². The fraction of sp³-hybridized carbons (Fsp3) is 0.389. The second-order valence-corrected chi connectivity index (χ2v) is 7.44. The van der Waals surface area contributed by atoms with E-state index in [0.717, 1.165) is 0 Å². The topological polar surface area (TPSA) is 116 Å². The minimum Gasteiger partial charge on any atom is -0.493 e. The molecule has 2 rings (SSSR count). The number of sulfonamides is 1. The largest absolute Gasteiger partial charge is 0.493 e. The van der Waals surface area contributed by atoms with E-state index in [2.05, 4.69) is 9.71 Å². The summed E-state index contributed by atoms with van der Waals surface area (Å²) in [5, 5.41) is 0. The Morgan fingerprint density at radius 1 is 1.04 bits per heavy atom. The number of anilines is 1. The maximum atomic E-state index is 13.1. The van der Waals surface area contributed by atoms with Gasteiger partial charge >= 0.3 is 5.97 Å². The van der Waals surface area contributed by atoms with Gasteiger partial charge in [-0.2, -0.15) is 0 Å². The molecule has 0 radical (unpaired) electrons. The van der Waals surface area contributed by atoms with Crippen LogP contribution in [0, 0.1) is 13.8 Å². The number of hydrogen-bond acceptors (Lipinski definition) is 7. The molecule has 9 nitrogen and oxygen atoms in total. The number of hydrogen-bond donors (Lipinski definition) is 2. The van der Waals surface area contributed by atoms with Crippen molar-refractivity contribution >= 4 is 21.7 Å². The van der Waals surface area contributed by atoms with Gasteiger partial charge in [-0.15, -0.1) is 0 Å². The van der Waals surface area contributed by atoms with Crippen molar-refractivity contribution in [3.8, 4) is 17.2 Å². The fourth-order valence-corrected chi connectivity index (χ4v) is 4.38. The predicted octanol–water partition coefficient (Wildman–Crippen LogP) is 2.63. The first-order valence-electron chi connectivity index (χ1n) is 8.39. The summed E-state index contributed by atoms with van der Waals surface area (Å²) in [4.78, 5) is 15.0. The van der Waals surface area contributed by atoms with E-state index < -0.39 is 16.0 Å². The van der Waals surface area contributed by atoms with Crippen LogP contribution in [0.25, 0.3) is 0 Å². The first-order chi connectivity index (χ1) is 13.2. The smallest absolute Gasteiger partial charge is 0.341 e. The third-order valence-electron chi connectivity index (χ3n) is 3.98. The molecule has 154 valence electrons. The maximum Gasteiger partial charge on any atom is 0.341 e. The van der Waals surface area contributed by atoms with Crippen molar-refractivity contribution in [3.63, 3.8) is 0 Å². The van der Waals surface area contributed by atoms with Crippen LogP contribution in [0.5, 0.6) is 17.2 Å². The van der Waals surface area contributed by atoms with Gasteiger partial charge in [0.2, 0.25) is 5.75 Å². The summed E-state index contributed by atoms with van der Waals surface area (Å²) in [6.45, 7) is 4.95. The number of esters is 1. The predicted molar refractivity (Wildman–Crippen MR) is 103 cm³/mol. The van der Waals surface area contributed by atoms with Gasteiger partial charge in [0, 0.05) is 23.5 Å². The van der Waals surface area contributed by atoms with Gasteiger partial charge < -0.3 is 23.9 Å². The van der Waals surface area contributed by atoms with Crippen LogP contribution in [-0.2, 0) is 14.8 Å². The Morgan fingerprint density at radius 3 is 2.07 bits per heavy atom. The lowest BCUT2D eigenvalue weighted by molar-refractivity contribution is 0.0521. The molecule has 0 amide bonds. The second-order valence-electron chi connectivity index (χ2n) is 5.82. The monoisotopic (exact) mass is 412 g/mol. The Balaban J connectivity index is 2.55. The van der Waals surface area contributed by atoms with Gasteiger partial charge in [0.1, 0.15) is 10.5 Å². The Morgan fingerprint density at radius 2 is 1.61 bits per heavy atom. The summed E-state index contributed by atoms with van der Waals surface area (Å²) in [5.74, 6) is 0.183. The summed E-state index contributed by atoms with van der Waals surface area (Å²) >= 11 is 0. The van der Waals surface area contributed by atoms with Crippen molar-refractivity contribution in [1.29, 1.82) is 0 Å². The molecule has 0 aliphatic carbocycles. The molecule has 1 heterocycles. The van der Waals surface area contributed by atoms with E-state index in [4.69, 9.17) is 18.9 Å². The molecule has 0 aliphatic heterocycles. The summed E-state index contributed by atoms with van der Waals surface area (Å²) in [6, 6.07) is 2.91. The fourth-order valence-electron chi connectivity index (χ4n) is 2.89. The number of benzene rings is 1. The molecule has 0 fully saturated rings. The molecule has 1 aromatic carbocycles. The molecule has 0 aliphatic rings. The molecule has 0 atom stereocenters. The molecule has 10 heteroatoms. The number of H-pyrrole nitrogens is 1. The third-order valence-corrected chi connectivity index (χ3v) is 5.54. The molecular formula is C18H24N2O7S. The van der Waals surface area contributed by atoms with E-state index in [1.165, 1.54) is 33.5 Å². The third kappa shape index (κ3) is 4.01. The SMILES string of the molecule is CCOC(=O)c1c(C)[nH]c(C)c1S(=O)(=O)Nc1cc(OC)c(OC)c(OC)c1. The number of aryl methyl sites for hydroxylation is 2. The number of aromatic nitrogens is 1. The van der Waals surface area contributed by atoms with E-state index in [-0.39, 0.29) is 34.3 Å². The number of carbonyl (C=O) groups is 1. The number of aromatic amines is 1. The highest BCUT2D eigenvalue weighted by molar-refractivity contribution is 7.92. The molecule has 0 saturated carbocycles. The average molecular weight is 412 g/mol. The summed E-state index contributed by atoms with van der Waals surface area (Å²) in [5.41, 5.74) is 0.878. The molecular weight excluding hydrogens is 388 g/mol. The van der Waals surface area contributed by atoms with Crippen LogP contribution in [0.3, 0.4) is 0 Å². The highest BCUT2D eigenvalue weighted by atomic mass is 32.2. The van der Waals surface area contributed by atoms with Crippen LogP contribution in [0.15, 0.2) is 17.0 Å². The Bertz CT molecular complexity index is 955. The Kier molecular flexibility index (Phi) is 6.45. The van der Waals surface area contributed by atoms with Gasteiger partial charge in [0.15, 0.2) is 11.5 Å². The highest BCUT2D eigenvalue weighted by Crippen LogP contribution is 2.40. The molecule has 2 N–H and O–H groups in total. The van der Waals surface area contributed by atoms with Crippen molar-refractivity contribution in [2.75, 3.05) is 32.7 Å². The van der Waals surface area contributed by atoms with Crippen LogP contribution < -0.4 is 18.9 Å². The average Bonchev–Trinajstić information content (AvgIpc) is 2.95. The van der Waals surface area contributed by atoms with Crippen molar-refractivity contribution < 1.29 is 32.2 Å². The van der Waals surface area contributed by atoms with Crippen molar-refractivity contribution in [1.82, 2.24) is 4.98 Å². The molecule has 28 heavy (non-hydrogen) atoms. The molecule has 0 bridgehead atoms. The Hall–Kier alpha value is -2.88. The van der Waals surface area contributed by atoms with E-state index in [1.807, 2.05) is 0 Å². The number of ether oxygens (including phenoxy) is 4. The van der Waals surface area contributed by atoms with Crippen LogP contribution >= 0.6 is 0 Å². The van der Waals surface area contributed by atoms with Gasteiger partial charge in [-0.25, -0.2) is 13.2 Å². The molecule has 2 aromatic rings. The lowest BCUT2D eigenvalue weighted by Crippen LogP contribution is -2.18. The van der Waals surface area contributed by atoms with Crippen LogP contribution in [0.1, 0.15) is 28.7 Å². The van der Waals surface area contributed by atoms with Gasteiger partial charge in [-0.1, -0.05) is 0 Å². The van der Waals surface area contributed by atoms with Gasteiger partial charge in [0.05, 0.1) is 33.6 Å². The highest BCUT2D eigenvalue weighted by Gasteiger charge is 2.30. The van der Waals surface area contributed by atoms with E-state index in [9.17, 15) is 13.2 Å². The lowest BCUT2D eigenvalue weighted by atomic mass is 10.2. The normalized spacial score (nSPS) is 11.1. The van der Waals surface area contributed by atoms with Gasteiger partial charge in [-0.05, 0) is 20.8 Å². The second kappa shape index (κ2) is 8.42. The first-order valence-corrected chi connectivity index (χ1v) is 9.87. The van der Waals surface area contributed by atoms with E-state index in [1.54, 1.807) is 20.8 Å². The first kappa shape index (κ1) is 21.4. The minimum atomic E-state index is -4.12. The zero-order chi connectivity index (χ0) is 21.1. The Labute approximate surface area is 164 Å². The zero-order valence-electron chi connectivity index (χ0n) is 16.6. The zero-order valence-corrected chi connectivity index (χ0v) is 17.4. The van der Waals surface area contributed by atoms with Crippen molar-refractivity contribution in [2.45, 2.75) is 25.7 Å². The van der Waals surface area contributed by atoms with Crippen LogP contribution in [0.4, 0.5) is 5.69 Å². The van der Waals surface area contributed by atoms with Crippen molar-refractivity contribution in [3.05, 3.63) is 29.1 Å². The number of rotatable bonds is 8. The van der Waals surface area contributed by atoms with Gasteiger partial charge in [0.25, 0.3) is 10.0 Å². The number of nitrogens with one attached hydrogen (secondary N) is 2. The van der Waals surface area contributed by atoms with Crippen molar-refractivity contribution in [2.24, 2.45) is 0 Å². The summed E-state index contributed by atoms with van der Waals surface area (Å²) in [6.07, 6.45) is 0. The molecule has 0 unspecified atom stereocenters. The molecule has 0 saturated heterocycles. The number of methoxy groups -OCH3 is 3. The molecule has 1 aromatic heterocycles. The van der Waals surface area contributed by atoms with Gasteiger partial charge in [-0.3, -0.25) is 4.72 Å². The summed E-state index contributed by atoms with van der Waals surface area (Å²) < 4.78 is 49.3. The number of carbonyl (C=O) groups excluding carboxylic acids is 1. The van der Waals surface area contributed by atoms with Crippen LogP contribution in [0.2, 0.25) is 0 Å². The maximum absolute atomic E-state index is 13.1. The summed E-state index contributed by atoms with van der Waals surface area (Å²) in [7, 11) is 0.175. The quantitative estimate of drug-likeness (QED) is 0.640. The lowest BCUT2D eigenvalue weighted by Gasteiger charge is -2.15.